The van der Waals surface area contributed by atoms with E-state index in [1.54, 1.807) is 6.08 Å². The molecule has 0 aromatic carbocycles. The highest BCUT2D eigenvalue weighted by atomic mass is 16.5. The Morgan fingerprint density at radius 2 is 2.45 bits per heavy atom. The number of carbonyl (C=O) groups excluding carboxylic acids is 1. The Hall–Kier alpha value is -0.830. The van der Waals surface area contributed by atoms with Gasteiger partial charge in [0, 0.05) is 19.4 Å². The Morgan fingerprint density at radius 1 is 1.82 bits per heavy atom. The quantitative estimate of drug-likeness (QED) is 0.474. The van der Waals surface area contributed by atoms with Gasteiger partial charge in [0.15, 0.2) is 0 Å². The highest BCUT2D eigenvalue weighted by Crippen LogP contribution is 2.02. The summed E-state index contributed by atoms with van der Waals surface area (Å²) in [6.45, 7) is 5.18. The van der Waals surface area contributed by atoms with Gasteiger partial charge in [-0.05, 0) is 6.42 Å². The minimum atomic E-state index is -0.312. The Labute approximate surface area is 66.7 Å². The second-order valence-corrected chi connectivity index (χ2v) is 2.38. The lowest BCUT2D eigenvalue weighted by molar-refractivity contribution is -0.142. The van der Waals surface area contributed by atoms with Crippen LogP contribution >= 0.6 is 0 Å². The molecule has 0 saturated carbocycles. The summed E-state index contributed by atoms with van der Waals surface area (Å²) in [5, 5.41) is 8.73. The maximum absolute atomic E-state index is 10.3. The van der Waals surface area contributed by atoms with Crippen molar-refractivity contribution in [2.75, 3.05) is 13.2 Å². The predicted octanol–water partition coefficient (Wildman–Crippen LogP) is 0.734. The van der Waals surface area contributed by atoms with Crippen molar-refractivity contribution in [3.63, 3.8) is 0 Å². The number of aliphatic hydroxyl groups excluding tert-OH is 1. The Bertz CT molecular complexity index is 131. The van der Waals surface area contributed by atoms with Crippen LogP contribution in [0.3, 0.4) is 0 Å². The van der Waals surface area contributed by atoms with Crippen LogP contribution in [0.1, 0.15) is 13.3 Å². The van der Waals surface area contributed by atoms with E-state index in [2.05, 4.69) is 6.58 Å². The molecule has 0 spiro atoms. The first-order valence-corrected chi connectivity index (χ1v) is 3.55. The van der Waals surface area contributed by atoms with Crippen LogP contribution < -0.4 is 0 Å². The number of hydrogen-bond acceptors (Lipinski definition) is 3. The van der Waals surface area contributed by atoms with Crippen LogP contribution in [-0.2, 0) is 9.53 Å². The lowest BCUT2D eigenvalue weighted by atomic mass is 10.1. The van der Waals surface area contributed by atoms with Crippen molar-refractivity contribution in [3.05, 3.63) is 12.7 Å². The van der Waals surface area contributed by atoms with E-state index in [1.807, 2.05) is 0 Å². The van der Waals surface area contributed by atoms with Gasteiger partial charge in [0.25, 0.3) is 0 Å². The van der Waals surface area contributed by atoms with Crippen molar-refractivity contribution < 1.29 is 14.6 Å². The summed E-state index contributed by atoms with van der Waals surface area (Å²) in [5.41, 5.74) is 0. The van der Waals surface area contributed by atoms with Crippen molar-refractivity contribution in [1.29, 1.82) is 0 Å². The fourth-order valence-corrected chi connectivity index (χ4v) is 0.666. The first-order valence-electron chi connectivity index (χ1n) is 3.55. The number of hydrogen-bond donors (Lipinski definition) is 1. The molecule has 0 aliphatic carbocycles. The molecule has 0 heterocycles. The van der Waals surface area contributed by atoms with Crippen LogP contribution in [-0.4, -0.2) is 24.3 Å². The highest BCUT2D eigenvalue weighted by molar-refractivity contribution is 5.65. The maximum Gasteiger partial charge on any atom is 0.302 e. The molecule has 0 aromatic rings. The molecule has 0 amide bonds. The number of rotatable bonds is 5. The Kier molecular flexibility index (Phi) is 5.47. The largest absolute Gasteiger partial charge is 0.465 e. The van der Waals surface area contributed by atoms with E-state index in [1.165, 1.54) is 6.92 Å². The molecule has 11 heavy (non-hydrogen) atoms. The molecule has 0 radical (unpaired) electrons. The zero-order valence-electron chi connectivity index (χ0n) is 6.75. The maximum atomic E-state index is 10.3. The minimum Gasteiger partial charge on any atom is -0.465 e. The number of carbonyl (C=O) groups is 1. The summed E-state index contributed by atoms with van der Waals surface area (Å²) in [6, 6.07) is 0. The minimum absolute atomic E-state index is 0.00333. The number of allylic oxidation sites excluding steroid dienone is 1. The first kappa shape index (κ1) is 10.2. The van der Waals surface area contributed by atoms with Crippen molar-refractivity contribution in [1.82, 2.24) is 0 Å². The zero-order valence-corrected chi connectivity index (χ0v) is 6.75. The second kappa shape index (κ2) is 5.92. The monoisotopic (exact) mass is 158 g/mol. The first-order chi connectivity index (χ1) is 5.20. The molecule has 1 atom stereocenters. The third kappa shape index (κ3) is 5.61. The third-order valence-corrected chi connectivity index (χ3v) is 1.28. The van der Waals surface area contributed by atoms with Gasteiger partial charge in [-0.25, -0.2) is 0 Å². The van der Waals surface area contributed by atoms with Crippen LogP contribution in [0.25, 0.3) is 0 Å². The van der Waals surface area contributed by atoms with Gasteiger partial charge in [-0.15, -0.1) is 6.58 Å². The molecule has 0 saturated heterocycles. The van der Waals surface area contributed by atoms with E-state index >= 15 is 0 Å². The topological polar surface area (TPSA) is 46.5 Å². The van der Waals surface area contributed by atoms with Crippen LogP contribution in [0.4, 0.5) is 0 Å². The van der Waals surface area contributed by atoms with Crippen LogP contribution in [0.2, 0.25) is 0 Å². The van der Waals surface area contributed by atoms with Gasteiger partial charge in [0.05, 0.1) is 6.61 Å². The average Bonchev–Trinajstić information content (AvgIpc) is 1.97. The molecule has 0 aliphatic rings. The van der Waals surface area contributed by atoms with Gasteiger partial charge < -0.3 is 9.84 Å². The van der Waals surface area contributed by atoms with Crippen molar-refractivity contribution in [2.45, 2.75) is 13.3 Å². The van der Waals surface area contributed by atoms with Crippen molar-refractivity contribution >= 4 is 5.97 Å². The van der Waals surface area contributed by atoms with Crippen molar-refractivity contribution in [3.8, 4) is 0 Å². The SMILES string of the molecule is C=CC[C@@H](CO)COC(C)=O. The molecule has 0 aromatic heterocycles. The van der Waals surface area contributed by atoms with Gasteiger partial charge >= 0.3 is 5.97 Å². The summed E-state index contributed by atoms with van der Waals surface area (Å²) in [6.07, 6.45) is 2.37. The molecule has 64 valence electrons. The zero-order chi connectivity index (χ0) is 8.69. The summed E-state index contributed by atoms with van der Waals surface area (Å²) in [4.78, 5) is 10.3. The normalized spacial score (nSPS) is 12.2. The Morgan fingerprint density at radius 3 is 2.82 bits per heavy atom. The molecule has 3 nitrogen and oxygen atoms in total. The van der Waals surface area contributed by atoms with E-state index in [0.717, 1.165) is 0 Å². The molecule has 1 N–H and O–H groups in total. The van der Waals surface area contributed by atoms with E-state index in [-0.39, 0.29) is 25.1 Å². The summed E-state index contributed by atoms with van der Waals surface area (Å²) >= 11 is 0. The van der Waals surface area contributed by atoms with E-state index < -0.39 is 0 Å². The Balaban J connectivity index is 3.51. The fraction of sp³-hybridized carbons (Fsp3) is 0.625. The van der Waals surface area contributed by atoms with Crippen LogP contribution in [0, 0.1) is 5.92 Å². The molecule has 3 heteroatoms. The summed E-state index contributed by atoms with van der Waals surface area (Å²) in [5.74, 6) is -0.316. The molecular formula is C8H14O3. The lowest BCUT2D eigenvalue weighted by Crippen LogP contribution is -2.15. The van der Waals surface area contributed by atoms with Gasteiger partial charge in [-0.3, -0.25) is 4.79 Å². The number of ether oxygens (including phenoxy) is 1. The van der Waals surface area contributed by atoms with Crippen LogP contribution in [0.5, 0.6) is 0 Å². The fourth-order valence-electron chi connectivity index (χ4n) is 0.666. The molecule has 0 unspecified atom stereocenters. The summed E-state index contributed by atoms with van der Waals surface area (Å²) < 4.78 is 4.70. The molecule has 0 fully saturated rings. The highest BCUT2D eigenvalue weighted by Gasteiger charge is 2.06. The van der Waals surface area contributed by atoms with E-state index in [9.17, 15) is 4.79 Å². The summed E-state index contributed by atoms with van der Waals surface area (Å²) in [7, 11) is 0. The number of esters is 1. The lowest BCUT2D eigenvalue weighted by Gasteiger charge is -2.10. The van der Waals surface area contributed by atoms with Crippen LogP contribution in [0.15, 0.2) is 12.7 Å². The van der Waals surface area contributed by atoms with E-state index in [4.69, 9.17) is 9.84 Å². The van der Waals surface area contributed by atoms with Gasteiger partial charge in [0.1, 0.15) is 0 Å². The number of aliphatic hydroxyl groups is 1. The van der Waals surface area contributed by atoms with Gasteiger partial charge in [-0.1, -0.05) is 6.08 Å². The predicted molar refractivity (Wildman–Crippen MR) is 42.0 cm³/mol. The molecular weight excluding hydrogens is 144 g/mol. The smallest absolute Gasteiger partial charge is 0.302 e. The average molecular weight is 158 g/mol. The van der Waals surface area contributed by atoms with E-state index in [0.29, 0.717) is 6.42 Å². The van der Waals surface area contributed by atoms with Gasteiger partial charge in [0.2, 0.25) is 0 Å². The molecule has 0 rings (SSSR count). The van der Waals surface area contributed by atoms with Crippen molar-refractivity contribution in [2.24, 2.45) is 5.92 Å². The second-order valence-electron chi connectivity index (χ2n) is 2.38. The molecule has 0 aliphatic heterocycles. The van der Waals surface area contributed by atoms with Gasteiger partial charge in [-0.2, -0.15) is 0 Å². The molecule has 0 bridgehead atoms. The third-order valence-electron chi connectivity index (χ3n) is 1.28. The standard InChI is InChI=1S/C8H14O3/c1-3-4-8(5-9)6-11-7(2)10/h3,8-9H,1,4-6H2,2H3/t8-/m0/s1.